The number of carbonyl (C=O) groups is 2. The van der Waals surface area contributed by atoms with Crippen LogP contribution in [0, 0.1) is 26.6 Å². The van der Waals surface area contributed by atoms with Gasteiger partial charge in [0.05, 0.1) is 4.90 Å². The van der Waals surface area contributed by atoms with Gasteiger partial charge in [0.25, 0.3) is 21.8 Å². The largest absolute Gasteiger partial charge is 0.350 e. The van der Waals surface area contributed by atoms with Crippen LogP contribution in [0.15, 0.2) is 65.6 Å². The number of hydrogen-bond acceptors (Lipinski definition) is 4. The van der Waals surface area contributed by atoms with E-state index in [1.165, 1.54) is 24.3 Å². The van der Waals surface area contributed by atoms with Crippen molar-refractivity contribution < 1.29 is 22.4 Å². The zero-order valence-corrected chi connectivity index (χ0v) is 19.9. The zero-order valence-electron chi connectivity index (χ0n) is 19.1. The van der Waals surface area contributed by atoms with Gasteiger partial charge in [-0.15, -0.1) is 0 Å². The molecule has 34 heavy (non-hydrogen) atoms. The Morgan fingerprint density at radius 2 is 1.29 bits per heavy atom. The summed E-state index contributed by atoms with van der Waals surface area (Å²) in [6.07, 6.45) is 0. The molecule has 3 aromatic rings. The Balaban J connectivity index is 1.61. The van der Waals surface area contributed by atoms with Crippen LogP contribution in [0.1, 0.15) is 37.4 Å². The van der Waals surface area contributed by atoms with Crippen molar-refractivity contribution in [2.45, 2.75) is 25.7 Å². The minimum Gasteiger partial charge on any atom is -0.350 e. The van der Waals surface area contributed by atoms with Gasteiger partial charge in [-0.05, 0) is 68.3 Å². The second-order valence-corrected chi connectivity index (χ2v) is 9.58. The summed E-state index contributed by atoms with van der Waals surface area (Å²) in [6.45, 7) is 5.38. The highest BCUT2D eigenvalue weighted by Crippen LogP contribution is 2.21. The average molecular weight is 484 g/mol. The first-order chi connectivity index (χ1) is 16.1. The molecule has 3 aromatic carbocycles. The molecule has 0 radical (unpaired) electrons. The van der Waals surface area contributed by atoms with Crippen LogP contribution in [0.5, 0.6) is 0 Å². The SMILES string of the molecule is Cc1ccc(NS(=O)(=O)c2cc(C(=O)NCCNC(=O)c3ccc(C)c(F)c3)ccc2C)cc1. The van der Waals surface area contributed by atoms with Crippen LogP contribution in [0.2, 0.25) is 0 Å². The molecular formula is C25H26FN3O4S. The van der Waals surface area contributed by atoms with E-state index in [1.54, 1.807) is 44.2 Å². The van der Waals surface area contributed by atoms with E-state index in [-0.39, 0.29) is 29.1 Å². The highest BCUT2D eigenvalue weighted by Gasteiger charge is 2.19. The van der Waals surface area contributed by atoms with Gasteiger partial charge < -0.3 is 10.6 Å². The van der Waals surface area contributed by atoms with Crippen molar-refractivity contribution in [3.8, 4) is 0 Å². The summed E-state index contributed by atoms with van der Waals surface area (Å²) in [5.41, 5.74) is 2.71. The summed E-state index contributed by atoms with van der Waals surface area (Å²) in [5, 5.41) is 5.24. The van der Waals surface area contributed by atoms with Crippen LogP contribution >= 0.6 is 0 Å². The summed E-state index contributed by atoms with van der Waals surface area (Å²) < 4.78 is 41.9. The van der Waals surface area contributed by atoms with Crippen LogP contribution < -0.4 is 15.4 Å². The number of rotatable bonds is 8. The van der Waals surface area contributed by atoms with Gasteiger partial charge in [0.15, 0.2) is 0 Å². The fourth-order valence-electron chi connectivity index (χ4n) is 3.15. The van der Waals surface area contributed by atoms with Gasteiger partial charge in [0.1, 0.15) is 5.82 Å². The van der Waals surface area contributed by atoms with E-state index in [9.17, 15) is 22.4 Å². The minimum atomic E-state index is -3.90. The van der Waals surface area contributed by atoms with Crippen molar-refractivity contribution >= 4 is 27.5 Å². The Labute approximate surface area is 198 Å². The summed E-state index contributed by atoms with van der Waals surface area (Å²) in [4.78, 5) is 24.7. The molecular weight excluding hydrogens is 457 g/mol. The second kappa shape index (κ2) is 10.5. The Morgan fingerprint density at radius 3 is 1.85 bits per heavy atom. The molecule has 3 N–H and O–H groups in total. The van der Waals surface area contributed by atoms with Crippen LogP contribution in [0.4, 0.5) is 10.1 Å². The molecule has 0 aliphatic carbocycles. The summed E-state index contributed by atoms with van der Waals surface area (Å²) in [7, 11) is -3.90. The number of sulfonamides is 1. The fraction of sp³-hybridized carbons (Fsp3) is 0.200. The highest BCUT2D eigenvalue weighted by molar-refractivity contribution is 7.92. The maximum absolute atomic E-state index is 13.6. The number of benzene rings is 3. The third kappa shape index (κ3) is 6.20. The van der Waals surface area contributed by atoms with Gasteiger partial charge in [0, 0.05) is 29.9 Å². The van der Waals surface area contributed by atoms with E-state index in [0.29, 0.717) is 16.8 Å². The number of anilines is 1. The molecule has 0 aliphatic rings. The standard InChI is InChI=1S/C25H26FN3O4S/c1-16-4-10-21(11-5-16)29-34(32,33)23-15-20(9-7-18(23)3)25(31)28-13-12-27-24(30)19-8-6-17(2)22(26)14-19/h4-11,14-15,29H,12-13H2,1-3H3,(H,27,30)(H,28,31). The van der Waals surface area contributed by atoms with Crippen molar-refractivity contribution in [2.24, 2.45) is 0 Å². The van der Waals surface area contributed by atoms with Crippen LogP contribution in [-0.2, 0) is 10.0 Å². The van der Waals surface area contributed by atoms with Gasteiger partial charge in [-0.2, -0.15) is 0 Å². The Bertz CT molecular complexity index is 1320. The quantitative estimate of drug-likeness (QED) is 0.425. The second-order valence-electron chi connectivity index (χ2n) is 7.93. The fourth-order valence-corrected chi connectivity index (χ4v) is 4.48. The molecule has 0 unspecified atom stereocenters. The molecule has 7 nitrogen and oxygen atoms in total. The van der Waals surface area contributed by atoms with Crippen molar-refractivity contribution in [2.75, 3.05) is 17.8 Å². The van der Waals surface area contributed by atoms with Crippen LogP contribution in [0.25, 0.3) is 0 Å². The maximum atomic E-state index is 13.6. The van der Waals surface area contributed by atoms with Gasteiger partial charge in [-0.25, -0.2) is 12.8 Å². The number of nitrogens with one attached hydrogen (secondary N) is 3. The summed E-state index contributed by atoms with van der Waals surface area (Å²) >= 11 is 0. The van der Waals surface area contributed by atoms with E-state index in [1.807, 2.05) is 6.92 Å². The van der Waals surface area contributed by atoms with Gasteiger partial charge in [-0.3, -0.25) is 14.3 Å². The predicted octanol–water partition coefficient (Wildman–Crippen LogP) is 3.71. The first-order valence-electron chi connectivity index (χ1n) is 10.6. The molecule has 0 bridgehead atoms. The third-order valence-electron chi connectivity index (χ3n) is 5.17. The number of amides is 2. The van der Waals surface area contributed by atoms with E-state index < -0.39 is 27.7 Å². The third-order valence-corrected chi connectivity index (χ3v) is 6.70. The lowest BCUT2D eigenvalue weighted by Gasteiger charge is -2.13. The van der Waals surface area contributed by atoms with Crippen molar-refractivity contribution in [3.05, 3.63) is 94.3 Å². The topological polar surface area (TPSA) is 104 Å². The molecule has 0 atom stereocenters. The molecule has 0 saturated heterocycles. The molecule has 178 valence electrons. The molecule has 3 rings (SSSR count). The molecule has 0 heterocycles. The molecule has 9 heteroatoms. The monoisotopic (exact) mass is 483 g/mol. The molecule has 2 amide bonds. The first kappa shape index (κ1) is 24.9. The number of halogens is 1. The Morgan fingerprint density at radius 1 is 0.765 bits per heavy atom. The van der Waals surface area contributed by atoms with Crippen molar-refractivity contribution in [3.63, 3.8) is 0 Å². The Kier molecular flexibility index (Phi) is 7.68. The number of carbonyl (C=O) groups excluding carboxylic acids is 2. The molecule has 0 aromatic heterocycles. The zero-order chi connectivity index (χ0) is 24.9. The van der Waals surface area contributed by atoms with Gasteiger partial charge >= 0.3 is 0 Å². The number of hydrogen-bond donors (Lipinski definition) is 3. The Hall–Kier alpha value is -3.72. The van der Waals surface area contributed by atoms with Crippen LogP contribution in [-0.4, -0.2) is 33.3 Å². The van der Waals surface area contributed by atoms with E-state index in [0.717, 1.165) is 11.6 Å². The van der Waals surface area contributed by atoms with Gasteiger partial charge in [-0.1, -0.05) is 29.8 Å². The first-order valence-corrected chi connectivity index (χ1v) is 12.1. The predicted molar refractivity (Wildman–Crippen MR) is 129 cm³/mol. The maximum Gasteiger partial charge on any atom is 0.262 e. The average Bonchev–Trinajstić information content (AvgIpc) is 2.79. The summed E-state index contributed by atoms with van der Waals surface area (Å²) in [6, 6.07) is 15.5. The van der Waals surface area contributed by atoms with Crippen molar-refractivity contribution in [1.82, 2.24) is 10.6 Å². The van der Waals surface area contributed by atoms with E-state index in [4.69, 9.17) is 0 Å². The number of aryl methyl sites for hydroxylation is 3. The lowest BCUT2D eigenvalue weighted by molar-refractivity contribution is 0.0927. The van der Waals surface area contributed by atoms with E-state index in [2.05, 4.69) is 15.4 Å². The smallest absolute Gasteiger partial charge is 0.262 e. The summed E-state index contributed by atoms with van der Waals surface area (Å²) in [5.74, 6) is -1.41. The normalized spacial score (nSPS) is 11.1. The molecule has 0 aliphatic heterocycles. The minimum absolute atomic E-state index is 0.00424. The van der Waals surface area contributed by atoms with Gasteiger partial charge in [0.2, 0.25) is 0 Å². The lowest BCUT2D eigenvalue weighted by Crippen LogP contribution is -2.34. The molecule has 0 fully saturated rings. The highest BCUT2D eigenvalue weighted by atomic mass is 32.2. The van der Waals surface area contributed by atoms with E-state index >= 15 is 0 Å². The lowest BCUT2D eigenvalue weighted by atomic mass is 10.1. The molecule has 0 spiro atoms. The molecule has 0 saturated carbocycles. The van der Waals surface area contributed by atoms with Crippen molar-refractivity contribution in [1.29, 1.82) is 0 Å². The van der Waals surface area contributed by atoms with Crippen LogP contribution in [0.3, 0.4) is 0 Å².